The van der Waals surface area contributed by atoms with E-state index in [2.05, 4.69) is 0 Å². The van der Waals surface area contributed by atoms with Gasteiger partial charge >= 0.3 is 0 Å². The molecule has 2 heteroatoms. The summed E-state index contributed by atoms with van der Waals surface area (Å²) in [6.07, 6.45) is 0. The van der Waals surface area contributed by atoms with Crippen LogP contribution >= 0.6 is 11.6 Å². The maximum absolute atomic E-state index is 9.34. The molecule has 14 heavy (non-hydrogen) atoms. The lowest BCUT2D eigenvalue weighted by molar-refractivity contribution is 0.475. The zero-order chi connectivity index (χ0) is 9.97. The average molecular weight is 205 g/mol. The molecule has 2 aromatic rings. The van der Waals surface area contributed by atoms with Crippen molar-refractivity contribution in [1.82, 2.24) is 0 Å². The van der Waals surface area contributed by atoms with Gasteiger partial charge in [0.15, 0.2) is 0 Å². The van der Waals surface area contributed by atoms with Crippen molar-refractivity contribution in [3.8, 4) is 16.9 Å². The predicted molar refractivity (Wildman–Crippen MR) is 58.6 cm³/mol. The summed E-state index contributed by atoms with van der Waals surface area (Å²) in [6.45, 7) is 0. The summed E-state index contributed by atoms with van der Waals surface area (Å²) in [5.74, 6) is 0.230. The normalized spacial score (nSPS) is 10.1. The van der Waals surface area contributed by atoms with E-state index >= 15 is 0 Å². The molecule has 70 valence electrons. The van der Waals surface area contributed by atoms with Crippen molar-refractivity contribution in [3.05, 3.63) is 53.6 Å². The van der Waals surface area contributed by atoms with Crippen molar-refractivity contribution in [2.45, 2.75) is 0 Å². The smallest absolute Gasteiger partial charge is 0.116 e. The lowest BCUT2D eigenvalue weighted by atomic mass is 10.1. The summed E-state index contributed by atoms with van der Waals surface area (Å²) in [5.41, 5.74) is 1.86. The summed E-state index contributed by atoms with van der Waals surface area (Å²) in [4.78, 5) is 0. The number of benzene rings is 2. The van der Waals surface area contributed by atoms with Gasteiger partial charge < -0.3 is 5.11 Å². The van der Waals surface area contributed by atoms with Gasteiger partial charge in [0.1, 0.15) is 5.75 Å². The Morgan fingerprint density at radius 2 is 1.64 bits per heavy atom. The molecule has 0 unspecified atom stereocenters. The highest BCUT2D eigenvalue weighted by Gasteiger charge is 2.03. The van der Waals surface area contributed by atoms with E-state index in [1.54, 1.807) is 18.2 Å². The molecule has 0 aliphatic heterocycles. The Labute approximate surface area is 87.6 Å². The van der Waals surface area contributed by atoms with E-state index in [0.717, 1.165) is 11.1 Å². The van der Waals surface area contributed by atoms with Crippen LogP contribution in [0.5, 0.6) is 5.75 Å². The molecule has 0 aliphatic rings. The molecule has 0 bridgehead atoms. The Morgan fingerprint density at radius 1 is 0.929 bits per heavy atom. The van der Waals surface area contributed by atoms with Gasteiger partial charge in [-0.3, -0.25) is 0 Å². The second-order valence-electron chi connectivity index (χ2n) is 3.03. The van der Waals surface area contributed by atoms with Crippen molar-refractivity contribution in [2.75, 3.05) is 0 Å². The van der Waals surface area contributed by atoms with Crippen LogP contribution in [-0.2, 0) is 0 Å². The van der Waals surface area contributed by atoms with Gasteiger partial charge in [-0.25, -0.2) is 0 Å². The monoisotopic (exact) mass is 204 g/mol. The van der Waals surface area contributed by atoms with Gasteiger partial charge in [0.2, 0.25) is 0 Å². The quantitative estimate of drug-likeness (QED) is 0.751. The fourth-order valence-corrected chi connectivity index (χ4v) is 1.58. The third-order valence-electron chi connectivity index (χ3n) is 2.03. The van der Waals surface area contributed by atoms with Crippen LogP contribution in [-0.4, -0.2) is 5.11 Å². The first kappa shape index (κ1) is 9.10. The highest BCUT2D eigenvalue weighted by atomic mass is 35.5. The maximum atomic E-state index is 9.34. The number of halogens is 1. The van der Waals surface area contributed by atoms with Crippen LogP contribution in [0.15, 0.2) is 48.5 Å². The molecule has 0 heterocycles. The standard InChI is InChI=1S/C12H9ClO/c13-12-7-6-10(14)8-11(12)9-4-2-1-3-5-9/h1-8,14H. The van der Waals surface area contributed by atoms with Crippen LogP contribution in [0.1, 0.15) is 0 Å². The lowest BCUT2D eigenvalue weighted by Crippen LogP contribution is -1.78. The summed E-state index contributed by atoms with van der Waals surface area (Å²) in [6, 6.07) is 14.7. The van der Waals surface area contributed by atoms with Crippen LogP contribution in [0, 0.1) is 0 Å². The first-order chi connectivity index (χ1) is 6.77. The van der Waals surface area contributed by atoms with E-state index in [4.69, 9.17) is 11.6 Å². The highest BCUT2D eigenvalue weighted by Crippen LogP contribution is 2.30. The Hall–Kier alpha value is -1.47. The van der Waals surface area contributed by atoms with Crippen molar-refractivity contribution < 1.29 is 5.11 Å². The fourth-order valence-electron chi connectivity index (χ4n) is 1.35. The number of aromatic hydroxyl groups is 1. The van der Waals surface area contributed by atoms with Gasteiger partial charge in [0.05, 0.1) is 0 Å². The molecule has 0 radical (unpaired) electrons. The molecular weight excluding hydrogens is 196 g/mol. The molecular formula is C12H9ClO. The molecule has 0 saturated heterocycles. The molecule has 0 spiro atoms. The second-order valence-corrected chi connectivity index (χ2v) is 3.44. The van der Waals surface area contributed by atoms with Crippen LogP contribution in [0.25, 0.3) is 11.1 Å². The van der Waals surface area contributed by atoms with E-state index in [0.29, 0.717) is 5.02 Å². The van der Waals surface area contributed by atoms with E-state index in [9.17, 15) is 5.11 Å². The van der Waals surface area contributed by atoms with E-state index < -0.39 is 0 Å². The Bertz CT molecular complexity index is 437. The molecule has 2 rings (SSSR count). The van der Waals surface area contributed by atoms with Gasteiger partial charge in [-0.15, -0.1) is 0 Å². The molecule has 0 aliphatic carbocycles. The molecule has 1 nitrogen and oxygen atoms in total. The zero-order valence-electron chi connectivity index (χ0n) is 7.44. The zero-order valence-corrected chi connectivity index (χ0v) is 8.20. The minimum Gasteiger partial charge on any atom is -0.508 e. The molecule has 0 fully saturated rings. The van der Waals surface area contributed by atoms with Crippen LogP contribution in [0.2, 0.25) is 5.02 Å². The molecule has 0 aromatic heterocycles. The number of rotatable bonds is 1. The molecule has 0 amide bonds. The largest absolute Gasteiger partial charge is 0.508 e. The second kappa shape index (κ2) is 3.72. The van der Waals surface area contributed by atoms with E-state index in [1.807, 2.05) is 30.3 Å². The Kier molecular flexibility index (Phi) is 2.42. The molecule has 0 saturated carbocycles. The van der Waals surface area contributed by atoms with Gasteiger partial charge in [-0.1, -0.05) is 41.9 Å². The van der Waals surface area contributed by atoms with Crippen molar-refractivity contribution in [3.63, 3.8) is 0 Å². The first-order valence-electron chi connectivity index (χ1n) is 4.31. The highest BCUT2D eigenvalue weighted by molar-refractivity contribution is 6.33. The maximum Gasteiger partial charge on any atom is 0.116 e. The van der Waals surface area contributed by atoms with Crippen molar-refractivity contribution in [1.29, 1.82) is 0 Å². The summed E-state index contributed by atoms with van der Waals surface area (Å²) >= 11 is 6.02. The van der Waals surface area contributed by atoms with E-state index in [-0.39, 0.29) is 5.75 Å². The van der Waals surface area contributed by atoms with Crippen molar-refractivity contribution >= 4 is 11.6 Å². The summed E-state index contributed by atoms with van der Waals surface area (Å²) < 4.78 is 0. The van der Waals surface area contributed by atoms with Gasteiger partial charge in [-0.05, 0) is 23.8 Å². The topological polar surface area (TPSA) is 20.2 Å². The predicted octanol–water partition coefficient (Wildman–Crippen LogP) is 3.71. The van der Waals surface area contributed by atoms with Crippen molar-refractivity contribution in [2.24, 2.45) is 0 Å². The molecule has 2 aromatic carbocycles. The average Bonchev–Trinajstić information content (AvgIpc) is 2.23. The fraction of sp³-hybridized carbons (Fsp3) is 0. The lowest BCUT2D eigenvalue weighted by Gasteiger charge is -2.04. The Balaban J connectivity index is 2.57. The number of phenolic OH excluding ortho intramolecular Hbond substituents is 1. The minimum atomic E-state index is 0.230. The van der Waals surface area contributed by atoms with Crippen LogP contribution in [0.4, 0.5) is 0 Å². The molecule has 0 atom stereocenters. The molecule has 1 N–H and O–H groups in total. The first-order valence-corrected chi connectivity index (χ1v) is 4.69. The third-order valence-corrected chi connectivity index (χ3v) is 2.36. The Morgan fingerprint density at radius 3 is 2.36 bits per heavy atom. The van der Waals surface area contributed by atoms with Gasteiger partial charge in [0, 0.05) is 10.6 Å². The number of phenols is 1. The van der Waals surface area contributed by atoms with Gasteiger partial charge in [0.25, 0.3) is 0 Å². The SMILES string of the molecule is Oc1ccc(Cl)c(-c2ccccc2)c1. The van der Waals surface area contributed by atoms with Crippen LogP contribution < -0.4 is 0 Å². The minimum absolute atomic E-state index is 0.230. The van der Waals surface area contributed by atoms with E-state index in [1.165, 1.54) is 0 Å². The summed E-state index contributed by atoms with van der Waals surface area (Å²) in [7, 11) is 0. The van der Waals surface area contributed by atoms with Crippen LogP contribution in [0.3, 0.4) is 0 Å². The summed E-state index contributed by atoms with van der Waals surface area (Å²) in [5, 5.41) is 9.99. The number of hydrogen-bond donors (Lipinski definition) is 1. The van der Waals surface area contributed by atoms with Gasteiger partial charge in [-0.2, -0.15) is 0 Å². The third kappa shape index (κ3) is 1.73. The number of hydrogen-bond acceptors (Lipinski definition) is 1.